The molecule has 112 valence electrons. The van der Waals surface area contributed by atoms with Gasteiger partial charge in [0.1, 0.15) is 5.82 Å². The maximum absolute atomic E-state index is 12.9. The number of ether oxygens (including phenoxy) is 1. The van der Waals surface area contributed by atoms with E-state index in [1.165, 1.54) is 16.4 Å². The highest BCUT2D eigenvalue weighted by Gasteiger charge is 2.32. The number of hydrogen-bond acceptors (Lipinski definition) is 3. The molecule has 1 heterocycles. The van der Waals surface area contributed by atoms with Crippen LogP contribution in [0.5, 0.6) is 0 Å². The normalized spacial score (nSPS) is 19.2. The van der Waals surface area contributed by atoms with Crippen LogP contribution < -0.4 is 0 Å². The maximum Gasteiger partial charge on any atom is 0.242 e. The first-order chi connectivity index (χ1) is 9.33. The first kappa shape index (κ1) is 15.4. The van der Waals surface area contributed by atoms with Crippen molar-refractivity contribution in [3.63, 3.8) is 0 Å². The molecule has 4 nitrogen and oxygen atoms in total. The van der Waals surface area contributed by atoms with Crippen LogP contribution in [0.15, 0.2) is 29.2 Å². The van der Waals surface area contributed by atoms with Crippen LogP contribution in [0.4, 0.5) is 4.39 Å². The summed E-state index contributed by atoms with van der Waals surface area (Å²) >= 11 is 0. The van der Waals surface area contributed by atoms with Crippen LogP contribution in [-0.4, -0.2) is 39.5 Å². The Kier molecular flexibility index (Phi) is 4.46. The highest BCUT2D eigenvalue weighted by atomic mass is 32.2. The first-order valence-electron chi connectivity index (χ1n) is 6.63. The molecule has 0 aliphatic carbocycles. The van der Waals surface area contributed by atoms with Gasteiger partial charge in [-0.1, -0.05) is 6.92 Å². The van der Waals surface area contributed by atoms with Gasteiger partial charge in [0.15, 0.2) is 0 Å². The molecule has 0 unspecified atom stereocenters. The smallest absolute Gasteiger partial charge is 0.242 e. The zero-order valence-electron chi connectivity index (χ0n) is 11.8. The maximum atomic E-state index is 12.9. The Labute approximate surface area is 119 Å². The lowest BCUT2D eigenvalue weighted by molar-refractivity contribution is 0.0175. The zero-order valence-corrected chi connectivity index (χ0v) is 12.6. The summed E-state index contributed by atoms with van der Waals surface area (Å²) < 4.78 is 44.4. The monoisotopic (exact) mass is 301 g/mol. The molecular formula is C14H20FNO3S. The standard InChI is InChI=1S/C14H20FNO3S/c1-14(7-9-19-10-8-14)11-16(2)20(17,18)13-5-3-12(15)4-6-13/h3-6H,7-11H2,1-2H3. The number of hydrogen-bond donors (Lipinski definition) is 0. The summed E-state index contributed by atoms with van der Waals surface area (Å²) in [5.41, 5.74) is -0.0693. The van der Waals surface area contributed by atoms with Gasteiger partial charge in [0, 0.05) is 26.8 Å². The number of benzene rings is 1. The summed E-state index contributed by atoms with van der Waals surface area (Å²) in [7, 11) is -2.00. The third-order valence-corrected chi connectivity index (χ3v) is 5.64. The molecule has 2 rings (SSSR count). The molecule has 1 aliphatic heterocycles. The van der Waals surface area contributed by atoms with Gasteiger partial charge in [0.25, 0.3) is 0 Å². The molecule has 1 aliphatic rings. The molecule has 1 saturated heterocycles. The van der Waals surface area contributed by atoms with E-state index in [1.54, 1.807) is 7.05 Å². The second-order valence-electron chi connectivity index (χ2n) is 5.64. The van der Waals surface area contributed by atoms with Gasteiger partial charge in [-0.2, -0.15) is 0 Å². The lowest BCUT2D eigenvalue weighted by Gasteiger charge is -2.36. The molecule has 6 heteroatoms. The predicted molar refractivity (Wildman–Crippen MR) is 74.4 cm³/mol. The van der Waals surface area contributed by atoms with Gasteiger partial charge in [0.2, 0.25) is 10.0 Å². The van der Waals surface area contributed by atoms with Crippen LogP contribution in [0.3, 0.4) is 0 Å². The van der Waals surface area contributed by atoms with Crippen molar-refractivity contribution in [2.24, 2.45) is 5.41 Å². The molecule has 0 atom stereocenters. The highest BCUT2D eigenvalue weighted by Crippen LogP contribution is 2.31. The summed E-state index contributed by atoms with van der Waals surface area (Å²) in [5.74, 6) is -0.442. The molecule has 1 fully saturated rings. The third kappa shape index (κ3) is 3.37. The van der Waals surface area contributed by atoms with Crippen molar-refractivity contribution >= 4 is 10.0 Å². The quantitative estimate of drug-likeness (QED) is 0.857. The average Bonchev–Trinajstić information content (AvgIpc) is 2.39. The topological polar surface area (TPSA) is 46.6 Å². The molecule has 20 heavy (non-hydrogen) atoms. The van der Waals surface area contributed by atoms with E-state index in [4.69, 9.17) is 4.74 Å². The minimum atomic E-state index is -3.57. The fraction of sp³-hybridized carbons (Fsp3) is 0.571. The largest absolute Gasteiger partial charge is 0.381 e. The number of sulfonamides is 1. The lowest BCUT2D eigenvalue weighted by Crippen LogP contribution is -2.40. The van der Waals surface area contributed by atoms with Gasteiger partial charge < -0.3 is 4.74 Å². The second-order valence-corrected chi connectivity index (χ2v) is 7.68. The summed E-state index contributed by atoms with van der Waals surface area (Å²) in [4.78, 5) is 0.122. The predicted octanol–water partition coefficient (Wildman–Crippen LogP) is 2.26. The molecular weight excluding hydrogens is 281 g/mol. The van der Waals surface area contributed by atoms with Crippen molar-refractivity contribution in [1.29, 1.82) is 0 Å². The number of halogens is 1. The van der Waals surface area contributed by atoms with Crippen molar-refractivity contribution in [3.8, 4) is 0 Å². The van der Waals surface area contributed by atoms with Crippen LogP contribution in [0, 0.1) is 11.2 Å². The van der Waals surface area contributed by atoms with E-state index in [1.807, 2.05) is 0 Å². The van der Waals surface area contributed by atoms with Crippen molar-refractivity contribution in [2.45, 2.75) is 24.7 Å². The van der Waals surface area contributed by atoms with Gasteiger partial charge >= 0.3 is 0 Å². The average molecular weight is 301 g/mol. The molecule has 1 aromatic carbocycles. The Hall–Kier alpha value is -0.980. The van der Waals surface area contributed by atoms with Gasteiger partial charge in [-0.25, -0.2) is 17.1 Å². The van der Waals surface area contributed by atoms with E-state index >= 15 is 0 Å². The number of nitrogens with zero attached hydrogens (tertiary/aromatic N) is 1. The fourth-order valence-electron chi connectivity index (χ4n) is 2.43. The van der Waals surface area contributed by atoms with Crippen LogP contribution in [0.25, 0.3) is 0 Å². The SMILES string of the molecule is CN(CC1(C)CCOCC1)S(=O)(=O)c1ccc(F)cc1. The van der Waals surface area contributed by atoms with Crippen LogP contribution >= 0.6 is 0 Å². The van der Waals surface area contributed by atoms with Crippen molar-refractivity contribution < 1.29 is 17.5 Å². The Morgan fingerprint density at radius 2 is 1.80 bits per heavy atom. The fourth-order valence-corrected chi connectivity index (χ4v) is 3.75. The molecule has 0 spiro atoms. The van der Waals surface area contributed by atoms with Crippen LogP contribution in [0.1, 0.15) is 19.8 Å². The van der Waals surface area contributed by atoms with Crippen LogP contribution in [0.2, 0.25) is 0 Å². The van der Waals surface area contributed by atoms with E-state index in [9.17, 15) is 12.8 Å². The van der Waals surface area contributed by atoms with E-state index in [2.05, 4.69) is 6.92 Å². The molecule has 1 aromatic rings. The molecule has 0 saturated carbocycles. The van der Waals surface area contributed by atoms with Gasteiger partial charge in [-0.3, -0.25) is 0 Å². The third-order valence-electron chi connectivity index (χ3n) is 3.83. The van der Waals surface area contributed by atoms with Gasteiger partial charge in [-0.05, 0) is 42.5 Å². The summed E-state index contributed by atoms with van der Waals surface area (Å²) in [6.07, 6.45) is 1.69. The molecule has 0 bridgehead atoms. The van der Waals surface area contributed by atoms with Gasteiger partial charge in [0.05, 0.1) is 4.90 Å². The van der Waals surface area contributed by atoms with Crippen LogP contribution in [-0.2, 0) is 14.8 Å². The molecule has 0 aromatic heterocycles. The first-order valence-corrected chi connectivity index (χ1v) is 8.07. The van der Waals surface area contributed by atoms with E-state index in [0.717, 1.165) is 25.0 Å². The Bertz CT molecular complexity index is 550. The Morgan fingerprint density at radius 3 is 2.35 bits per heavy atom. The summed E-state index contributed by atoms with van der Waals surface area (Å²) in [6.45, 7) is 3.85. The minimum absolute atomic E-state index is 0.0693. The minimum Gasteiger partial charge on any atom is -0.381 e. The summed E-state index contributed by atoms with van der Waals surface area (Å²) in [5, 5.41) is 0. The molecule has 0 amide bonds. The van der Waals surface area contributed by atoms with Crippen molar-refractivity contribution in [1.82, 2.24) is 4.31 Å². The Balaban J connectivity index is 2.14. The molecule has 0 N–H and O–H groups in total. The number of rotatable bonds is 4. The second kappa shape index (κ2) is 5.79. The van der Waals surface area contributed by atoms with E-state index in [0.29, 0.717) is 19.8 Å². The van der Waals surface area contributed by atoms with E-state index in [-0.39, 0.29) is 10.3 Å². The summed E-state index contributed by atoms with van der Waals surface area (Å²) in [6, 6.07) is 4.93. The van der Waals surface area contributed by atoms with Gasteiger partial charge in [-0.15, -0.1) is 0 Å². The zero-order chi connectivity index (χ0) is 14.8. The highest BCUT2D eigenvalue weighted by molar-refractivity contribution is 7.89. The van der Waals surface area contributed by atoms with E-state index < -0.39 is 15.8 Å². The molecule has 0 radical (unpaired) electrons. The lowest BCUT2D eigenvalue weighted by atomic mass is 9.82. The Morgan fingerprint density at radius 1 is 1.25 bits per heavy atom. The van der Waals surface area contributed by atoms with Crippen molar-refractivity contribution in [3.05, 3.63) is 30.1 Å². The van der Waals surface area contributed by atoms with Crippen molar-refractivity contribution in [2.75, 3.05) is 26.8 Å².